The van der Waals surface area contributed by atoms with Crippen molar-refractivity contribution in [3.05, 3.63) is 39.4 Å². The minimum absolute atomic E-state index is 0.0917. The lowest BCUT2D eigenvalue weighted by Crippen LogP contribution is -2.11. The molecule has 1 aliphatic rings. The lowest BCUT2D eigenvalue weighted by Gasteiger charge is -2.12. The van der Waals surface area contributed by atoms with E-state index in [2.05, 4.69) is 5.32 Å². The molecule has 1 fully saturated rings. The summed E-state index contributed by atoms with van der Waals surface area (Å²) in [5, 5.41) is 13.7. The molecule has 1 unspecified atom stereocenters. The molecular weight excluding hydrogens is 249 g/mol. The number of halogens is 3. The summed E-state index contributed by atoms with van der Waals surface area (Å²) in [6.07, 6.45) is -3.87. The highest BCUT2D eigenvalue weighted by Gasteiger charge is 2.33. The van der Waals surface area contributed by atoms with Gasteiger partial charge in [0.1, 0.15) is 0 Å². The Labute approximate surface area is 101 Å². The number of nitro groups is 1. The molecule has 4 nitrogen and oxygen atoms in total. The van der Waals surface area contributed by atoms with Gasteiger partial charge in [-0.2, -0.15) is 13.2 Å². The summed E-state index contributed by atoms with van der Waals surface area (Å²) in [6.45, 7) is 1.27. The summed E-state index contributed by atoms with van der Waals surface area (Å²) in [7, 11) is 0. The van der Waals surface area contributed by atoms with Crippen LogP contribution in [0, 0.1) is 10.1 Å². The summed E-state index contributed by atoms with van der Waals surface area (Å²) >= 11 is 0. The normalized spacial score (nSPS) is 20.1. The van der Waals surface area contributed by atoms with Gasteiger partial charge in [0, 0.05) is 18.7 Å². The van der Waals surface area contributed by atoms with Crippen molar-refractivity contribution in [3.8, 4) is 0 Å². The first kappa shape index (κ1) is 12.8. The van der Waals surface area contributed by atoms with Gasteiger partial charge in [0.25, 0.3) is 5.69 Å². The highest BCUT2D eigenvalue weighted by molar-refractivity contribution is 5.42. The van der Waals surface area contributed by atoms with E-state index in [0.717, 1.165) is 6.07 Å². The molecule has 18 heavy (non-hydrogen) atoms. The van der Waals surface area contributed by atoms with Gasteiger partial charge in [-0.05, 0) is 30.5 Å². The zero-order valence-electron chi connectivity index (χ0n) is 9.33. The Bertz CT molecular complexity index is 468. The largest absolute Gasteiger partial charge is 0.416 e. The molecule has 0 aromatic heterocycles. The second-order valence-corrected chi connectivity index (χ2v) is 4.26. The fourth-order valence-electron chi connectivity index (χ4n) is 2.08. The van der Waals surface area contributed by atoms with Crippen molar-refractivity contribution in [2.75, 3.05) is 13.1 Å². The Morgan fingerprint density at radius 3 is 2.56 bits per heavy atom. The maximum atomic E-state index is 12.7. The van der Waals surface area contributed by atoms with Crippen LogP contribution in [0.3, 0.4) is 0 Å². The van der Waals surface area contributed by atoms with Crippen molar-refractivity contribution in [1.29, 1.82) is 0 Å². The zero-order valence-corrected chi connectivity index (χ0v) is 9.33. The third-order valence-electron chi connectivity index (χ3n) is 3.01. The Kier molecular flexibility index (Phi) is 3.25. The third kappa shape index (κ3) is 2.61. The van der Waals surface area contributed by atoms with Crippen LogP contribution in [-0.4, -0.2) is 18.0 Å². The molecule has 1 aromatic carbocycles. The first-order valence-electron chi connectivity index (χ1n) is 5.45. The molecule has 1 saturated heterocycles. The molecule has 2 rings (SSSR count). The molecule has 1 N–H and O–H groups in total. The number of non-ortho nitro benzene ring substituents is 1. The van der Waals surface area contributed by atoms with Gasteiger partial charge in [-0.25, -0.2) is 0 Å². The van der Waals surface area contributed by atoms with Crippen LogP contribution in [0.2, 0.25) is 0 Å². The summed E-state index contributed by atoms with van der Waals surface area (Å²) in [5.74, 6) is -0.0917. The second kappa shape index (κ2) is 4.56. The molecule has 0 spiro atoms. The number of nitrogens with zero attached hydrogens (tertiary/aromatic N) is 1. The van der Waals surface area contributed by atoms with Gasteiger partial charge in [-0.1, -0.05) is 0 Å². The smallest absolute Gasteiger partial charge is 0.316 e. The van der Waals surface area contributed by atoms with Crippen molar-refractivity contribution in [1.82, 2.24) is 5.32 Å². The van der Waals surface area contributed by atoms with Crippen molar-refractivity contribution < 1.29 is 18.1 Å². The molecule has 1 atom stereocenters. The summed E-state index contributed by atoms with van der Waals surface area (Å²) in [6, 6.07) is 2.81. The lowest BCUT2D eigenvalue weighted by atomic mass is 9.96. The van der Waals surface area contributed by atoms with Gasteiger partial charge in [-0.15, -0.1) is 0 Å². The maximum absolute atomic E-state index is 12.7. The van der Waals surface area contributed by atoms with E-state index in [1.165, 1.54) is 6.07 Å². The molecule has 1 heterocycles. The average molecular weight is 260 g/mol. The number of alkyl halides is 3. The molecule has 0 radical (unpaired) electrons. The fourth-order valence-corrected chi connectivity index (χ4v) is 2.08. The predicted octanol–water partition coefficient (Wildman–Crippen LogP) is 2.69. The maximum Gasteiger partial charge on any atom is 0.416 e. The topological polar surface area (TPSA) is 55.2 Å². The van der Waals surface area contributed by atoms with Crippen molar-refractivity contribution in [3.63, 3.8) is 0 Å². The molecule has 0 aliphatic carbocycles. The minimum Gasteiger partial charge on any atom is -0.316 e. The van der Waals surface area contributed by atoms with Crippen molar-refractivity contribution >= 4 is 5.69 Å². The van der Waals surface area contributed by atoms with Crippen LogP contribution in [0.15, 0.2) is 18.2 Å². The van der Waals surface area contributed by atoms with E-state index >= 15 is 0 Å². The quantitative estimate of drug-likeness (QED) is 0.657. The minimum atomic E-state index is -4.56. The van der Waals surface area contributed by atoms with Crippen LogP contribution in [0.5, 0.6) is 0 Å². The van der Waals surface area contributed by atoms with E-state index in [1.807, 2.05) is 0 Å². The number of benzene rings is 1. The second-order valence-electron chi connectivity index (χ2n) is 4.26. The molecule has 0 bridgehead atoms. The molecule has 0 amide bonds. The zero-order chi connectivity index (χ0) is 13.3. The Hall–Kier alpha value is -1.63. The van der Waals surface area contributed by atoms with Crippen molar-refractivity contribution in [2.45, 2.75) is 18.5 Å². The van der Waals surface area contributed by atoms with Crippen LogP contribution in [0.25, 0.3) is 0 Å². The predicted molar refractivity (Wildman–Crippen MR) is 58.3 cm³/mol. The Balaban J connectivity index is 2.45. The van der Waals surface area contributed by atoms with Crippen LogP contribution < -0.4 is 5.32 Å². The standard InChI is InChI=1S/C11H11F3N2O2/c12-11(13,14)9-3-8(7-1-2-15-6-7)4-10(5-9)16(17)18/h3-5,7,15H,1-2,6H2. The van der Waals surface area contributed by atoms with Gasteiger partial charge in [0.2, 0.25) is 0 Å². The third-order valence-corrected chi connectivity index (χ3v) is 3.01. The summed E-state index contributed by atoms with van der Waals surface area (Å²) in [4.78, 5) is 9.88. The number of nitrogens with one attached hydrogen (secondary N) is 1. The summed E-state index contributed by atoms with van der Waals surface area (Å²) < 4.78 is 38.0. The Morgan fingerprint density at radius 1 is 1.33 bits per heavy atom. The number of nitro benzene ring substituents is 1. The van der Waals surface area contributed by atoms with Gasteiger partial charge in [-0.3, -0.25) is 10.1 Å². The molecular formula is C11H11F3N2O2. The van der Waals surface area contributed by atoms with Gasteiger partial charge in [0.15, 0.2) is 0 Å². The van der Waals surface area contributed by atoms with E-state index in [0.29, 0.717) is 31.1 Å². The monoisotopic (exact) mass is 260 g/mol. The van der Waals surface area contributed by atoms with Crippen LogP contribution in [0.1, 0.15) is 23.5 Å². The average Bonchev–Trinajstić information content (AvgIpc) is 2.80. The molecule has 0 saturated carbocycles. The SMILES string of the molecule is O=[N+]([O-])c1cc(C2CCNC2)cc(C(F)(F)F)c1. The van der Waals surface area contributed by atoms with E-state index in [4.69, 9.17) is 0 Å². The van der Waals surface area contributed by atoms with Gasteiger partial charge < -0.3 is 5.32 Å². The lowest BCUT2D eigenvalue weighted by molar-refractivity contribution is -0.385. The number of rotatable bonds is 2. The van der Waals surface area contributed by atoms with E-state index < -0.39 is 22.4 Å². The first-order valence-corrected chi connectivity index (χ1v) is 5.45. The molecule has 7 heteroatoms. The highest BCUT2D eigenvalue weighted by atomic mass is 19.4. The summed E-state index contributed by atoms with van der Waals surface area (Å²) in [5.41, 5.74) is -1.09. The van der Waals surface area contributed by atoms with Gasteiger partial charge in [0.05, 0.1) is 10.5 Å². The molecule has 1 aliphatic heterocycles. The molecule has 1 aromatic rings. The number of hydrogen-bond acceptors (Lipinski definition) is 3. The van der Waals surface area contributed by atoms with E-state index in [1.54, 1.807) is 0 Å². The fraction of sp³-hybridized carbons (Fsp3) is 0.455. The highest BCUT2D eigenvalue weighted by Crippen LogP contribution is 2.35. The van der Waals surface area contributed by atoms with Crippen molar-refractivity contribution in [2.24, 2.45) is 0 Å². The van der Waals surface area contributed by atoms with Crippen LogP contribution in [0.4, 0.5) is 18.9 Å². The van der Waals surface area contributed by atoms with E-state index in [-0.39, 0.29) is 5.92 Å². The first-order chi connectivity index (χ1) is 8.38. The van der Waals surface area contributed by atoms with Crippen LogP contribution in [-0.2, 0) is 6.18 Å². The molecule has 98 valence electrons. The number of hydrogen-bond donors (Lipinski definition) is 1. The van der Waals surface area contributed by atoms with E-state index in [9.17, 15) is 23.3 Å². The Morgan fingerprint density at radius 2 is 2.06 bits per heavy atom. The van der Waals surface area contributed by atoms with Gasteiger partial charge >= 0.3 is 6.18 Å². The van der Waals surface area contributed by atoms with Crippen LogP contribution >= 0.6 is 0 Å².